The fraction of sp³-hybridized carbons (Fsp3) is 0.818. The van der Waals surface area contributed by atoms with E-state index in [4.69, 9.17) is 11.6 Å². The maximum atomic E-state index is 5.59. The minimum Gasteiger partial charge on any atom is -0.146 e. The van der Waals surface area contributed by atoms with Crippen LogP contribution < -0.4 is 0 Å². The summed E-state index contributed by atoms with van der Waals surface area (Å²) in [6, 6.07) is 0. The van der Waals surface area contributed by atoms with Crippen molar-refractivity contribution in [3.05, 3.63) is 0 Å². The highest BCUT2D eigenvalue weighted by Gasteiger charge is 2.04. The molecule has 0 amide bonds. The van der Waals surface area contributed by atoms with Gasteiger partial charge >= 0.3 is 0 Å². The third-order valence-electron chi connectivity index (χ3n) is 1.30. The molecule has 1 atom stereocenters. The Kier molecular flexibility index (Phi) is 6.73. The van der Waals surface area contributed by atoms with Crippen molar-refractivity contribution < 1.29 is 0 Å². The zero-order valence-corrected chi connectivity index (χ0v) is 10.6. The maximum Gasteiger partial charge on any atom is 0.0629 e. The van der Waals surface area contributed by atoms with Crippen LogP contribution in [0, 0.1) is 17.3 Å². The van der Waals surface area contributed by atoms with Gasteiger partial charge in [0.05, 0.1) is 5.25 Å². The van der Waals surface area contributed by atoms with E-state index in [-0.39, 0.29) is 5.41 Å². The molecule has 0 spiro atoms. The molecular weight excluding hydrogens is 200 g/mol. The van der Waals surface area contributed by atoms with Crippen LogP contribution in [-0.2, 0) is 0 Å². The number of hydrogen-bond donors (Lipinski definition) is 0. The van der Waals surface area contributed by atoms with E-state index in [2.05, 4.69) is 39.5 Å². The van der Waals surface area contributed by atoms with Gasteiger partial charge in [-0.15, -0.1) is 23.4 Å². The van der Waals surface area contributed by atoms with Crippen molar-refractivity contribution in [2.45, 2.75) is 39.4 Å². The van der Waals surface area contributed by atoms with Crippen molar-refractivity contribution in [2.24, 2.45) is 5.41 Å². The Morgan fingerprint density at radius 1 is 1.38 bits per heavy atom. The van der Waals surface area contributed by atoms with Crippen molar-refractivity contribution >= 4 is 23.4 Å². The average Bonchev–Trinajstić information content (AvgIpc) is 2.00. The first kappa shape index (κ1) is 13.2. The SMILES string of the molecule is CC(C#CC(C)(C)C)SCCCCl. The molecule has 0 nitrogen and oxygen atoms in total. The predicted molar refractivity (Wildman–Crippen MR) is 64.5 cm³/mol. The van der Waals surface area contributed by atoms with Gasteiger partial charge in [-0.25, -0.2) is 0 Å². The van der Waals surface area contributed by atoms with Crippen molar-refractivity contribution in [3.63, 3.8) is 0 Å². The molecule has 0 heterocycles. The summed E-state index contributed by atoms with van der Waals surface area (Å²) in [5.41, 5.74) is 0.126. The number of hydrogen-bond acceptors (Lipinski definition) is 1. The molecule has 0 aliphatic rings. The normalized spacial score (nSPS) is 13.3. The summed E-state index contributed by atoms with van der Waals surface area (Å²) in [5, 5.41) is 0.433. The summed E-state index contributed by atoms with van der Waals surface area (Å²) < 4.78 is 0. The monoisotopic (exact) mass is 218 g/mol. The summed E-state index contributed by atoms with van der Waals surface area (Å²) in [7, 11) is 0. The highest BCUT2D eigenvalue weighted by Crippen LogP contribution is 2.14. The Morgan fingerprint density at radius 2 is 2.00 bits per heavy atom. The zero-order valence-electron chi connectivity index (χ0n) is 8.98. The summed E-state index contributed by atoms with van der Waals surface area (Å²) in [5.74, 6) is 8.37. The first-order valence-electron chi connectivity index (χ1n) is 4.66. The van der Waals surface area contributed by atoms with E-state index >= 15 is 0 Å². The van der Waals surface area contributed by atoms with E-state index in [1.54, 1.807) is 0 Å². The minimum absolute atomic E-state index is 0.126. The smallest absolute Gasteiger partial charge is 0.0629 e. The van der Waals surface area contributed by atoms with Gasteiger partial charge in [-0.1, -0.05) is 11.8 Å². The lowest BCUT2D eigenvalue weighted by Gasteiger charge is -2.08. The van der Waals surface area contributed by atoms with Gasteiger partial charge in [0.25, 0.3) is 0 Å². The third-order valence-corrected chi connectivity index (χ3v) is 2.71. The Labute approximate surface area is 91.8 Å². The van der Waals surface area contributed by atoms with Crippen LogP contribution in [0.4, 0.5) is 0 Å². The summed E-state index contributed by atoms with van der Waals surface area (Å²) in [4.78, 5) is 0. The fourth-order valence-electron chi connectivity index (χ4n) is 0.674. The molecule has 0 N–H and O–H groups in total. The molecule has 0 saturated carbocycles. The molecule has 0 aliphatic carbocycles. The first-order valence-corrected chi connectivity index (χ1v) is 6.24. The molecule has 2 heteroatoms. The molecule has 76 valence electrons. The standard InChI is InChI=1S/C11H19ClS/c1-10(13-9-5-8-12)6-7-11(2,3)4/h10H,5,8-9H2,1-4H3. The van der Waals surface area contributed by atoms with Gasteiger partial charge in [-0.3, -0.25) is 0 Å². The first-order chi connectivity index (χ1) is 5.95. The van der Waals surface area contributed by atoms with Gasteiger partial charge in [-0.05, 0) is 39.9 Å². The molecule has 0 aromatic rings. The van der Waals surface area contributed by atoms with Gasteiger partial charge in [0.15, 0.2) is 0 Å². The summed E-state index contributed by atoms with van der Waals surface area (Å²) in [6.45, 7) is 8.56. The Hall–Kier alpha value is 0.200. The molecule has 0 bridgehead atoms. The molecule has 0 saturated heterocycles. The lowest BCUT2D eigenvalue weighted by atomic mass is 9.98. The zero-order chi connectivity index (χ0) is 10.3. The second-order valence-corrected chi connectivity index (χ2v) is 5.90. The lowest BCUT2D eigenvalue weighted by molar-refractivity contribution is 0.570. The van der Waals surface area contributed by atoms with E-state index in [0.29, 0.717) is 5.25 Å². The second-order valence-electron chi connectivity index (χ2n) is 4.07. The fourth-order valence-corrected chi connectivity index (χ4v) is 1.77. The molecule has 0 radical (unpaired) electrons. The van der Waals surface area contributed by atoms with Crippen molar-refractivity contribution in [1.82, 2.24) is 0 Å². The van der Waals surface area contributed by atoms with Crippen LogP contribution in [0.2, 0.25) is 0 Å². The van der Waals surface area contributed by atoms with Crippen molar-refractivity contribution in [2.75, 3.05) is 11.6 Å². The summed E-state index contributed by atoms with van der Waals surface area (Å²) in [6.07, 6.45) is 1.08. The van der Waals surface area contributed by atoms with Gasteiger partial charge in [0.1, 0.15) is 0 Å². The predicted octanol–water partition coefficient (Wildman–Crippen LogP) is 3.79. The molecule has 0 rings (SSSR count). The molecular formula is C11H19ClS. The number of halogens is 1. The van der Waals surface area contributed by atoms with Crippen LogP contribution in [0.3, 0.4) is 0 Å². The topological polar surface area (TPSA) is 0 Å². The lowest BCUT2D eigenvalue weighted by Crippen LogP contribution is -2.02. The Morgan fingerprint density at radius 3 is 2.46 bits per heavy atom. The maximum absolute atomic E-state index is 5.59. The van der Waals surface area contributed by atoms with E-state index in [1.165, 1.54) is 0 Å². The van der Waals surface area contributed by atoms with Crippen molar-refractivity contribution in [1.29, 1.82) is 0 Å². The molecule has 0 aromatic carbocycles. The number of rotatable bonds is 4. The van der Waals surface area contributed by atoms with Gasteiger partial charge < -0.3 is 0 Å². The number of alkyl halides is 1. The second kappa shape index (κ2) is 6.62. The van der Waals surface area contributed by atoms with Crippen LogP contribution in [0.25, 0.3) is 0 Å². The van der Waals surface area contributed by atoms with Crippen LogP contribution >= 0.6 is 23.4 Å². The highest BCUT2D eigenvalue weighted by atomic mass is 35.5. The third kappa shape index (κ3) is 10.1. The Balaban J connectivity index is 3.71. The molecule has 0 aliphatic heterocycles. The average molecular weight is 219 g/mol. The highest BCUT2D eigenvalue weighted by molar-refractivity contribution is 8.00. The molecule has 0 aromatic heterocycles. The number of thioether (sulfide) groups is 1. The van der Waals surface area contributed by atoms with Crippen LogP contribution in [-0.4, -0.2) is 16.9 Å². The van der Waals surface area contributed by atoms with Gasteiger partial charge in [-0.2, -0.15) is 0 Å². The molecule has 0 fully saturated rings. The van der Waals surface area contributed by atoms with E-state index < -0.39 is 0 Å². The summed E-state index contributed by atoms with van der Waals surface area (Å²) >= 11 is 7.47. The van der Waals surface area contributed by atoms with Gasteiger partial charge in [0.2, 0.25) is 0 Å². The van der Waals surface area contributed by atoms with E-state index in [0.717, 1.165) is 18.1 Å². The molecule has 13 heavy (non-hydrogen) atoms. The van der Waals surface area contributed by atoms with Crippen LogP contribution in [0.15, 0.2) is 0 Å². The quantitative estimate of drug-likeness (QED) is 0.393. The van der Waals surface area contributed by atoms with Crippen LogP contribution in [0.1, 0.15) is 34.1 Å². The molecule has 1 unspecified atom stereocenters. The van der Waals surface area contributed by atoms with Crippen LogP contribution in [0.5, 0.6) is 0 Å². The minimum atomic E-state index is 0.126. The van der Waals surface area contributed by atoms with E-state index in [9.17, 15) is 0 Å². The largest absolute Gasteiger partial charge is 0.146 e. The van der Waals surface area contributed by atoms with Crippen molar-refractivity contribution in [3.8, 4) is 11.8 Å². The van der Waals surface area contributed by atoms with E-state index in [1.807, 2.05) is 11.8 Å². The Bertz CT molecular complexity index is 182. The van der Waals surface area contributed by atoms with Gasteiger partial charge in [0, 0.05) is 11.3 Å².